The van der Waals surface area contributed by atoms with Crippen LogP contribution in [0.15, 0.2) is 71.7 Å². The van der Waals surface area contributed by atoms with E-state index in [1.807, 2.05) is 42.2 Å². The standard InChI is InChI=1S/C28H27F3N4O3/c1-18-17-34(12-13-35(18)27(36)32-16-19-6-4-3-5-7-19)26-22-15-21(37-2)9-11-24(22)38-25-10-8-20(28(29,30)31)14-23(25)33-26/h3-11,14-15,18H,12-13,16-17H2,1-2H3,(H,32,36)/t18-/m1/s1. The molecule has 5 rings (SSSR count). The van der Waals surface area contributed by atoms with Crippen molar-refractivity contribution < 1.29 is 27.4 Å². The molecule has 1 atom stereocenters. The first-order valence-corrected chi connectivity index (χ1v) is 12.2. The van der Waals surface area contributed by atoms with Gasteiger partial charge in [-0.3, -0.25) is 0 Å². The van der Waals surface area contributed by atoms with Crippen LogP contribution in [0, 0.1) is 0 Å². The Kier molecular flexibility index (Phi) is 6.88. The lowest BCUT2D eigenvalue weighted by molar-refractivity contribution is -0.137. The van der Waals surface area contributed by atoms with Crippen molar-refractivity contribution in [2.75, 3.05) is 26.7 Å². The number of piperazine rings is 1. The van der Waals surface area contributed by atoms with Gasteiger partial charge in [-0.2, -0.15) is 13.2 Å². The van der Waals surface area contributed by atoms with Crippen molar-refractivity contribution in [2.45, 2.75) is 25.7 Å². The summed E-state index contributed by atoms with van der Waals surface area (Å²) >= 11 is 0. The van der Waals surface area contributed by atoms with Gasteiger partial charge in [-0.25, -0.2) is 9.79 Å². The van der Waals surface area contributed by atoms with Gasteiger partial charge in [0, 0.05) is 32.2 Å². The van der Waals surface area contributed by atoms with Crippen LogP contribution >= 0.6 is 0 Å². The van der Waals surface area contributed by atoms with Gasteiger partial charge in [-0.15, -0.1) is 0 Å². The lowest BCUT2D eigenvalue weighted by Gasteiger charge is -2.41. The van der Waals surface area contributed by atoms with Crippen LogP contribution in [0.25, 0.3) is 0 Å². The Bertz CT molecular complexity index is 1360. The Balaban J connectivity index is 1.42. The highest BCUT2D eigenvalue weighted by atomic mass is 19.4. The SMILES string of the molecule is COc1ccc2c(c1)C(N1CCN(C(=O)NCc3ccccc3)[C@H](C)C1)=Nc1cc(C(F)(F)F)ccc1O2. The summed E-state index contributed by atoms with van der Waals surface area (Å²) in [6.45, 7) is 3.64. The average Bonchev–Trinajstić information content (AvgIpc) is 3.07. The number of urea groups is 1. The number of hydrogen-bond acceptors (Lipinski definition) is 5. The summed E-state index contributed by atoms with van der Waals surface area (Å²) < 4.78 is 51.8. The first kappa shape index (κ1) is 25.4. The van der Waals surface area contributed by atoms with Crippen LogP contribution < -0.4 is 14.8 Å². The number of aliphatic imine (C=N–C) groups is 1. The van der Waals surface area contributed by atoms with Gasteiger partial charge in [-0.05, 0) is 48.9 Å². The second-order valence-corrected chi connectivity index (χ2v) is 9.21. The molecule has 0 saturated carbocycles. The second-order valence-electron chi connectivity index (χ2n) is 9.21. The summed E-state index contributed by atoms with van der Waals surface area (Å²) in [6.07, 6.45) is -4.51. The van der Waals surface area contributed by atoms with Crippen LogP contribution in [-0.4, -0.2) is 54.5 Å². The summed E-state index contributed by atoms with van der Waals surface area (Å²) in [5.41, 5.74) is 0.881. The molecular weight excluding hydrogens is 497 g/mol. The van der Waals surface area contributed by atoms with Crippen molar-refractivity contribution in [3.05, 3.63) is 83.4 Å². The Morgan fingerprint density at radius 1 is 1.08 bits per heavy atom. The van der Waals surface area contributed by atoms with Crippen LogP contribution in [0.5, 0.6) is 17.2 Å². The van der Waals surface area contributed by atoms with Crippen molar-refractivity contribution in [1.29, 1.82) is 0 Å². The van der Waals surface area contributed by atoms with Crippen molar-refractivity contribution in [3.8, 4) is 17.2 Å². The molecule has 1 N–H and O–H groups in total. The van der Waals surface area contributed by atoms with Gasteiger partial charge >= 0.3 is 12.2 Å². The molecule has 0 aromatic heterocycles. The van der Waals surface area contributed by atoms with E-state index in [1.165, 1.54) is 13.2 Å². The van der Waals surface area contributed by atoms with E-state index in [-0.39, 0.29) is 23.5 Å². The van der Waals surface area contributed by atoms with E-state index >= 15 is 0 Å². The molecule has 2 aliphatic rings. The maximum Gasteiger partial charge on any atom is 0.416 e. The highest BCUT2D eigenvalue weighted by Gasteiger charge is 2.34. The third-order valence-corrected chi connectivity index (χ3v) is 6.63. The number of hydrogen-bond donors (Lipinski definition) is 1. The average molecular weight is 525 g/mol. The zero-order valence-electron chi connectivity index (χ0n) is 21.0. The van der Waals surface area contributed by atoms with Gasteiger partial charge in [0.15, 0.2) is 5.75 Å². The molecule has 10 heteroatoms. The molecule has 3 aromatic carbocycles. The maximum atomic E-state index is 13.5. The number of ether oxygens (including phenoxy) is 2. The lowest BCUT2D eigenvalue weighted by Crippen LogP contribution is -2.57. The number of carbonyl (C=O) groups excluding carboxylic acids is 1. The molecule has 0 bridgehead atoms. The molecule has 0 radical (unpaired) electrons. The predicted molar refractivity (Wildman–Crippen MR) is 137 cm³/mol. The summed E-state index contributed by atoms with van der Waals surface area (Å²) in [6, 6.07) is 17.8. The number of rotatable bonds is 3. The van der Waals surface area contributed by atoms with Gasteiger partial charge < -0.3 is 24.6 Å². The number of nitrogens with zero attached hydrogens (tertiary/aromatic N) is 3. The molecule has 1 saturated heterocycles. The Morgan fingerprint density at radius 3 is 2.55 bits per heavy atom. The van der Waals surface area contributed by atoms with Gasteiger partial charge in [-0.1, -0.05) is 30.3 Å². The molecule has 0 unspecified atom stereocenters. The summed E-state index contributed by atoms with van der Waals surface area (Å²) in [5.74, 6) is 1.72. The number of benzene rings is 3. The Morgan fingerprint density at radius 2 is 1.84 bits per heavy atom. The van der Waals surface area contributed by atoms with Gasteiger partial charge in [0.1, 0.15) is 23.0 Å². The molecule has 2 heterocycles. The topological polar surface area (TPSA) is 66.4 Å². The number of fused-ring (bicyclic) bond motifs is 2. The summed E-state index contributed by atoms with van der Waals surface area (Å²) in [7, 11) is 1.54. The van der Waals surface area contributed by atoms with Crippen LogP contribution in [0.4, 0.5) is 23.7 Å². The fourth-order valence-corrected chi connectivity index (χ4v) is 4.63. The van der Waals surface area contributed by atoms with E-state index in [1.54, 1.807) is 23.1 Å². The molecule has 198 valence electrons. The molecule has 1 fully saturated rings. The first-order chi connectivity index (χ1) is 18.2. The zero-order chi connectivity index (χ0) is 26.9. The van der Waals surface area contributed by atoms with Crippen molar-refractivity contribution >= 4 is 17.6 Å². The van der Waals surface area contributed by atoms with Crippen molar-refractivity contribution in [1.82, 2.24) is 15.1 Å². The number of amidine groups is 1. The fraction of sp³-hybridized carbons (Fsp3) is 0.286. The van der Waals surface area contributed by atoms with Crippen LogP contribution in [0.1, 0.15) is 23.6 Å². The smallest absolute Gasteiger partial charge is 0.416 e. The van der Waals surface area contributed by atoms with E-state index in [0.29, 0.717) is 49.1 Å². The van der Waals surface area contributed by atoms with E-state index in [9.17, 15) is 18.0 Å². The molecule has 0 spiro atoms. The molecule has 2 aliphatic heterocycles. The third-order valence-electron chi connectivity index (χ3n) is 6.63. The quantitative estimate of drug-likeness (QED) is 0.470. The third kappa shape index (κ3) is 5.25. The molecule has 0 aliphatic carbocycles. The number of amides is 2. The van der Waals surface area contributed by atoms with Crippen molar-refractivity contribution in [2.24, 2.45) is 4.99 Å². The van der Waals surface area contributed by atoms with Gasteiger partial charge in [0.05, 0.1) is 18.2 Å². The monoisotopic (exact) mass is 524 g/mol. The Labute approximate surface area is 218 Å². The minimum atomic E-state index is -4.51. The number of nitrogens with one attached hydrogen (secondary N) is 1. The normalized spacial score (nSPS) is 17.0. The number of carbonyl (C=O) groups is 1. The van der Waals surface area contributed by atoms with Crippen LogP contribution in [0.2, 0.25) is 0 Å². The largest absolute Gasteiger partial charge is 0.497 e. The second kappa shape index (κ2) is 10.3. The predicted octanol–water partition coefficient (Wildman–Crippen LogP) is 5.81. The van der Waals surface area contributed by atoms with Crippen molar-refractivity contribution in [3.63, 3.8) is 0 Å². The minimum Gasteiger partial charge on any atom is -0.497 e. The highest BCUT2D eigenvalue weighted by Crippen LogP contribution is 2.42. The summed E-state index contributed by atoms with van der Waals surface area (Å²) in [5, 5.41) is 2.96. The van der Waals surface area contributed by atoms with Crippen LogP contribution in [0.3, 0.4) is 0 Å². The molecular formula is C28H27F3N4O3. The number of methoxy groups -OCH3 is 1. The molecule has 7 nitrogen and oxygen atoms in total. The van der Waals surface area contributed by atoms with Crippen LogP contribution in [-0.2, 0) is 12.7 Å². The first-order valence-electron chi connectivity index (χ1n) is 12.2. The highest BCUT2D eigenvalue weighted by molar-refractivity contribution is 6.04. The van der Waals surface area contributed by atoms with Gasteiger partial charge in [0.25, 0.3) is 0 Å². The fourth-order valence-electron chi connectivity index (χ4n) is 4.63. The van der Waals surface area contributed by atoms with E-state index in [4.69, 9.17) is 9.47 Å². The summed E-state index contributed by atoms with van der Waals surface area (Å²) in [4.78, 5) is 21.3. The molecule has 2 amide bonds. The number of alkyl halides is 3. The van der Waals surface area contributed by atoms with E-state index < -0.39 is 11.7 Å². The zero-order valence-corrected chi connectivity index (χ0v) is 21.0. The number of halogens is 3. The minimum absolute atomic E-state index is 0.0840. The van der Waals surface area contributed by atoms with Gasteiger partial charge in [0.2, 0.25) is 0 Å². The molecule has 38 heavy (non-hydrogen) atoms. The van der Waals surface area contributed by atoms with E-state index in [2.05, 4.69) is 10.3 Å². The Hall–Kier alpha value is -4.21. The molecule has 3 aromatic rings. The maximum absolute atomic E-state index is 13.5. The lowest BCUT2D eigenvalue weighted by atomic mass is 10.1. The van der Waals surface area contributed by atoms with E-state index in [0.717, 1.165) is 17.7 Å².